The van der Waals surface area contributed by atoms with E-state index >= 15 is 0 Å². The lowest BCUT2D eigenvalue weighted by Crippen LogP contribution is -2.46. The van der Waals surface area contributed by atoms with E-state index in [0.29, 0.717) is 6.04 Å². The van der Waals surface area contributed by atoms with Crippen LogP contribution in [0.15, 0.2) is 0 Å². The Kier molecular flexibility index (Phi) is 7.34. The summed E-state index contributed by atoms with van der Waals surface area (Å²) in [6.07, 6.45) is 3.26. The maximum absolute atomic E-state index is 11.3. The van der Waals surface area contributed by atoms with Crippen molar-refractivity contribution in [1.82, 2.24) is 15.1 Å². The molecule has 1 rings (SSSR count). The van der Waals surface area contributed by atoms with E-state index in [0.717, 1.165) is 26.1 Å². The molecule has 1 aliphatic rings. The van der Waals surface area contributed by atoms with Crippen LogP contribution in [0.2, 0.25) is 0 Å². The minimum absolute atomic E-state index is 0.191. The van der Waals surface area contributed by atoms with E-state index in [1.54, 1.807) is 0 Å². The summed E-state index contributed by atoms with van der Waals surface area (Å²) in [4.78, 5) is 16.2. The molecule has 1 saturated heterocycles. The van der Waals surface area contributed by atoms with Crippen LogP contribution in [0.4, 0.5) is 0 Å². The molecule has 0 aromatic carbocycles. The molecule has 1 unspecified atom stereocenters. The molecule has 3 N–H and O–H groups in total. The molecule has 112 valence electrons. The molecule has 19 heavy (non-hydrogen) atoms. The summed E-state index contributed by atoms with van der Waals surface area (Å²) in [5.41, 5.74) is 5.40. The lowest BCUT2D eigenvalue weighted by molar-refractivity contribution is -0.120. The zero-order valence-electron chi connectivity index (χ0n) is 12.7. The number of nitrogens with zero attached hydrogens (tertiary/aromatic N) is 2. The fraction of sp³-hybridized carbons (Fsp3) is 0.929. The van der Waals surface area contributed by atoms with Crippen LogP contribution in [0.1, 0.15) is 33.1 Å². The number of nitrogens with two attached hydrogens (primary N) is 1. The van der Waals surface area contributed by atoms with Gasteiger partial charge in [-0.15, -0.1) is 0 Å². The minimum atomic E-state index is -0.240. The van der Waals surface area contributed by atoms with Gasteiger partial charge in [-0.1, -0.05) is 13.8 Å². The van der Waals surface area contributed by atoms with Crippen LogP contribution in [-0.2, 0) is 4.79 Å². The van der Waals surface area contributed by atoms with Crippen molar-refractivity contribution in [3.8, 4) is 0 Å². The zero-order valence-corrected chi connectivity index (χ0v) is 12.7. The highest BCUT2D eigenvalue weighted by atomic mass is 16.1. The van der Waals surface area contributed by atoms with Gasteiger partial charge in [-0.3, -0.25) is 4.79 Å². The number of rotatable bonds is 8. The van der Waals surface area contributed by atoms with Gasteiger partial charge in [0.2, 0.25) is 5.91 Å². The first-order chi connectivity index (χ1) is 9.08. The Morgan fingerprint density at radius 1 is 1.42 bits per heavy atom. The highest BCUT2D eigenvalue weighted by Crippen LogP contribution is 2.15. The molecule has 0 bridgehead atoms. The van der Waals surface area contributed by atoms with Gasteiger partial charge in [0.25, 0.3) is 0 Å². The summed E-state index contributed by atoms with van der Waals surface area (Å²) < 4.78 is 0. The second-order valence-electron chi connectivity index (χ2n) is 5.45. The molecule has 0 spiro atoms. The predicted molar refractivity (Wildman–Crippen MR) is 79.0 cm³/mol. The molecule has 1 atom stereocenters. The van der Waals surface area contributed by atoms with Crippen LogP contribution in [0, 0.1) is 0 Å². The van der Waals surface area contributed by atoms with Gasteiger partial charge in [0.1, 0.15) is 0 Å². The third-order valence-corrected chi connectivity index (χ3v) is 4.19. The molecule has 0 aliphatic carbocycles. The third-order valence-electron chi connectivity index (χ3n) is 4.19. The van der Waals surface area contributed by atoms with Crippen molar-refractivity contribution in [2.24, 2.45) is 5.73 Å². The highest BCUT2D eigenvalue weighted by molar-refractivity contribution is 5.79. The smallest absolute Gasteiger partial charge is 0.234 e. The maximum atomic E-state index is 11.3. The SMILES string of the molecule is CCNC(CCN(C)C1CCN(CC)CC1)C(N)=O. The normalized spacial score (nSPS) is 19.8. The molecule has 1 amide bonds. The molecule has 0 aromatic rings. The Balaban J connectivity index is 2.30. The molecule has 5 heteroatoms. The van der Waals surface area contributed by atoms with Crippen molar-refractivity contribution in [3.05, 3.63) is 0 Å². The molecule has 5 nitrogen and oxygen atoms in total. The average molecular weight is 270 g/mol. The largest absolute Gasteiger partial charge is 0.368 e. The Labute approximate surface area is 117 Å². The van der Waals surface area contributed by atoms with Crippen molar-refractivity contribution in [2.75, 3.05) is 39.8 Å². The van der Waals surface area contributed by atoms with Gasteiger partial charge in [-0.05, 0) is 52.5 Å². The van der Waals surface area contributed by atoms with E-state index in [9.17, 15) is 4.79 Å². The van der Waals surface area contributed by atoms with Crippen LogP contribution in [0.5, 0.6) is 0 Å². The number of nitrogens with one attached hydrogen (secondary N) is 1. The second-order valence-corrected chi connectivity index (χ2v) is 5.45. The Bertz CT molecular complexity index is 264. The fourth-order valence-corrected chi connectivity index (χ4v) is 2.78. The quantitative estimate of drug-likeness (QED) is 0.664. The third kappa shape index (κ3) is 5.47. The Morgan fingerprint density at radius 2 is 2.05 bits per heavy atom. The van der Waals surface area contributed by atoms with Crippen molar-refractivity contribution >= 4 is 5.91 Å². The lowest BCUT2D eigenvalue weighted by atomic mass is 10.0. The lowest BCUT2D eigenvalue weighted by Gasteiger charge is -2.36. The van der Waals surface area contributed by atoms with Gasteiger partial charge < -0.3 is 20.9 Å². The van der Waals surface area contributed by atoms with Crippen molar-refractivity contribution < 1.29 is 4.79 Å². The van der Waals surface area contributed by atoms with E-state index in [2.05, 4.69) is 29.1 Å². The molecule has 1 heterocycles. The highest BCUT2D eigenvalue weighted by Gasteiger charge is 2.22. The topological polar surface area (TPSA) is 61.6 Å². The number of carbonyl (C=O) groups is 1. The number of likely N-dealkylation sites (N-methyl/N-ethyl adjacent to an activating group) is 1. The Hall–Kier alpha value is -0.650. The summed E-state index contributed by atoms with van der Waals surface area (Å²) in [5.74, 6) is -0.240. The summed E-state index contributed by atoms with van der Waals surface area (Å²) >= 11 is 0. The Morgan fingerprint density at radius 3 is 2.53 bits per heavy atom. The number of primary amides is 1. The first-order valence-electron chi connectivity index (χ1n) is 7.53. The monoisotopic (exact) mass is 270 g/mol. The number of hydrogen-bond donors (Lipinski definition) is 2. The van der Waals surface area contributed by atoms with Crippen molar-refractivity contribution in [2.45, 2.75) is 45.2 Å². The molecule has 0 saturated carbocycles. The predicted octanol–water partition coefficient (Wildman–Crippen LogP) is 0.256. The number of amides is 1. The molecule has 0 aromatic heterocycles. The van der Waals surface area contributed by atoms with E-state index in [4.69, 9.17) is 5.73 Å². The van der Waals surface area contributed by atoms with Crippen LogP contribution < -0.4 is 11.1 Å². The summed E-state index contributed by atoms with van der Waals surface area (Å²) in [6, 6.07) is 0.459. The maximum Gasteiger partial charge on any atom is 0.234 e. The average Bonchev–Trinajstić information content (AvgIpc) is 2.42. The number of likely N-dealkylation sites (tertiary alicyclic amines) is 1. The van der Waals surface area contributed by atoms with Crippen LogP contribution in [-0.4, -0.2) is 67.6 Å². The number of piperidine rings is 1. The van der Waals surface area contributed by atoms with Crippen molar-refractivity contribution in [3.63, 3.8) is 0 Å². The molecular weight excluding hydrogens is 240 g/mol. The van der Waals surface area contributed by atoms with Crippen molar-refractivity contribution in [1.29, 1.82) is 0 Å². The minimum Gasteiger partial charge on any atom is -0.368 e. The van der Waals surface area contributed by atoms with Gasteiger partial charge >= 0.3 is 0 Å². The van der Waals surface area contributed by atoms with Crippen LogP contribution >= 0.6 is 0 Å². The summed E-state index contributed by atoms with van der Waals surface area (Å²) in [5, 5.41) is 3.15. The van der Waals surface area contributed by atoms with Gasteiger partial charge in [0, 0.05) is 12.6 Å². The first-order valence-corrected chi connectivity index (χ1v) is 7.53. The van der Waals surface area contributed by atoms with Crippen LogP contribution in [0.25, 0.3) is 0 Å². The fourth-order valence-electron chi connectivity index (χ4n) is 2.78. The summed E-state index contributed by atoms with van der Waals surface area (Å²) in [6.45, 7) is 9.47. The number of carbonyl (C=O) groups excluding carboxylic acids is 1. The zero-order chi connectivity index (χ0) is 14.3. The van der Waals surface area contributed by atoms with E-state index < -0.39 is 0 Å². The van der Waals surface area contributed by atoms with Gasteiger partial charge in [0.15, 0.2) is 0 Å². The first kappa shape index (κ1) is 16.4. The molecule has 1 fully saturated rings. The van der Waals surface area contributed by atoms with Crippen LogP contribution in [0.3, 0.4) is 0 Å². The van der Waals surface area contributed by atoms with E-state index in [-0.39, 0.29) is 11.9 Å². The van der Waals surface area contributed by atoms with E-state index in [1.807, 2.05) is 6.92 Å². The molecular formula is C14H30N4O. The van der Waals surface area contributed by atoms with E-state index in [1.165, 1.54) is 25.9 Å². The molecule has 1 aliphatic heterocycles. The summed E-state index contributed by atoms with van der Waals surface area (Å²) in [7, 11) is 2.16. The van der Waals surface area contributed by atoms with Gasteiger partial charge in [0.05, 0.1) is 6.04 Å². The van der Waals surface area contributed by atoms with Gasteiger partial charge in [-0.2, -0.15) is 0 Å². The standard InChI is InChI=1S/C14H30N4O/c1-4-16-13(14(15)19)8-9-17(3)12-6-10-18(5-2)11-7-12/h12-13,16H,4-11H2,1-3H3,(H2,15,19). The molecule has 0 radical (unpaired) electrons. The number of hydrogen-bond acceptors (Lipinski definition) is 4. The van der Waals surface area contributed by atoms with Gasteiger partial charge in [-0.25, -0.2) is 0 Å². The second kappa shape index (κ2) is 8.51.